The van der Waals surface area contributed by atoms with Crippen LogP contribution >= 0.6 is 0 Å². The van der Waals surface area contributed by atoms with Gasteiger partial charge in [-0.25, -0.2) is 0 Å². The van der Waals surface area contributed by atoms with Gasteiger partial charge in [0.25, 0.3) is 0 Å². The van der Waals surface area contributed by atoms with Gasteiger partial charge in [-0.1, -0.05) is 0 Å². The van der Waals surface area contributed by atoms with E-state index < -0.39 is 5.09 Å². The van der Waals surface area contributed by atoms with Crippen molar-refractivity contribution >= 4 is 0 Å². The first kappa shape index (κ1) is 15.6. The number of nitrogens with zero attached hydrogens (tertiary/aromatic N) is 1. The topological polar surface area (TPSA) is 86.4 Å². The largest absolute Gasteiger partial charge is 0.400 e. The molecule has 0 aromatic carbocycles. The first-order valence-corrected chi connectivity index (χ1v) is 0.995. The molecule has 0 aliphatic carbocycles. The molecule has 0 spiro atoms. The molecule has 0 aromatic rings. The smallest absolute Gasteiger partial charge is 0.0689 e. The molecule has 6 heteroatoms. The summed E-state index contributed by atoms with van der Waals surface area (Å²) >= 11 is 0. The summed E-state index contributed by atoms with van der Waals surface area (Å²) in [5.41, 5.74) is 0. The third-order valence-corrected chi connectivity index (χ3v) is 0. The van der Waals surface area contributed by atoms with E-state index in [1.165, 1.54) is 0 Å². The summed E-state index contributed by atoms with van der Waals surface area (Å²) in [5, 5.41) is 21.8. The maximum Gasteiger partial charge on any atom is 0.0689 e. The van der Waals surface area contributed by atoms with E-state index in [1.807, 2.05) is 0 Å². The van der Waals surface area contributed by atoms with Crippen molar-refractivity contribution in [3.63, 3.8) is 0 Å². The van der Waals surface area contributed by atoms with Crippen molar-refractivity contribution in [2.24, 2.45) is 0 Å². The zero-order chi connectivity index (χ0) is 5.58. The second-order valence-corrected chi connectivity index (χ2v) is 0.224. The molecule has 0 unspecified atom stereocenters. The molecule has 0 fully saturated rings. The van der Waals surface area contributed by atoms with Crippen molar-refractivity contribution in [3.05, 3.63) is 15.3 Å². The van der Waals surface area contributed by atoms with Gasteiger partial charge in [0.1, 0.15) is 0 Å². The van der Waals surface area contributed by atoms with Gasteiger partial charge in [0.2, 0.25) is 0 Å². The Morgan fingerprint density at radius 2 is 1.43 bits per heavy atom. The minimum Gasteiger partial charge on any atom is -0.400 e. The van der Waals surface area contributed by atoms with Crippen LogP contribution in [0.3, 0.4) is 0 Å². The molecule has 0 aliphatic heterocycles. The average molecular weight is 234 g/mol. The zero-order valence-electron chi connectivity index (χ0n) is 3.62. The van der Waals surface area contributed by atoms with Gasteiger partial charge in [0, 0.05) is 48.9 Å². The maximum absolute atomic E-state index is 8.25. The molecular formula is CH4CeNO4-. The van der Waals surface area contributed by atoms with Crippen molar-refractivity contribution in [3.8, 4) is 0 Å². The van der Waals surface area contributed by atoms with Crippen molar-refractivity contribution in [1.29, 1.82) is 0 Å². The molecule has 0 heterocycles. The fourth-order valence-corrected chi connectivity index (χ4v) is 0. The van der Waals surface area contributed by atoms with E-state index in [1.54, 1.807) is 0 Å². The van der Waals surface area contributed by atoms with Crippen LogP contribution in [0.4, 0.5) is 0 Å². The normalized spacial score (nSPS) is 4.29. The molecule has 42 valence electrons. The van der Waals surface area contributed by atoms with Crippen LogP contribution in [0.1, 0.15) is 0 Å². The van der Waals surface area contributed by atoms with Gasteiger partial charge in [-0.15, -0.1) is 0 Å². The average Bonchev–Trinajstić information content (AvgIpc) is 1.41. The first-order chi connectivity index (χ1) is 2.73. The summed E-state index contributed by atoms with van der Waals surface area (Å²) in [6, 6.07) is 0. The molecule has 5 nitrogen and oxygen atoms in total. The molecule has 0 rings (SSSR count). The minimum absolute atomic E-state index is 0. The summed E-state index contributed by atoms with van der Waals surface area (Å²) in [5.74, 6) is 0. The van der Waals surface area contributed by atoms with Crippen LogP contribution in [-0.2, 0) is 0 Å². The van der Waals surface area contributed by atoms with Crippen LogP contribution in [0.15, 0.2) is 0 Å². The molecule has 0 aliphatic rings. The Morgan fingerprint density at radius 3 is 1.43 bits per heavy atom. The van der Waals surface area contributed by atoms with E-state index in [0.29, 0.717) is 0 Å². The molecule has 0 atom stereocenters. The molecule has 1 N–H and O–H groups in total. The molecule has 0 saturated carbocycles. The van der Waals surface area contributed by atoms with Crippen LogP contribution in [0, 0.1) is 57.1 Å². The van der Waals surface area contributed by atoms with Crippen molar-refractivity contribution in [2.45, 2.75) is 0 Å². The second-order valence-electron chi connectivity index (χ2n) is 0.224. The molecule has 0 amide bonds. The van der Waals surface area contributed by atoms with Gasteiger partial charge < -0.3 is 20.4 Å². The van der Waals surface area contributed by atoms with Gasteiger partial charge in [-0.2, -0.15) is 0 Å². The van der Waals surface area contributed by atoms with Crippen LogP contribution in [-0.4, -0.2) is 17.3 Å². The van der Waals surface area contributed by atoms with Crippen LogP contribution < -0.4 is 0 Å². The van der Waals surface area contributed by atoms with Crippen molar-refractivity contribution in [2.75, 3.05) is 7.11 Å². The fourth-order valence-electron chi connectivity index (χ4n) is 0. The second kappa shape index (κ2) is 16.0. The molecular weight excluding hydrogens is 230 g/mol. The standard InChI is InChI=1S/CH4O.Ce.NO3/c1-2;;2-1(3)4/h2H,1H3;;/q;;-1. The maximum atomic E-state index is 8.25. The molecule has 0 aromatic heterocycles. The van der Waals surface area contributed by atoms with Gasteiger partial charge >= 0.3 is 0 Å². The number of rotatable bonds is 0. The number of aliphatic hydroxyl groups is 1. The van der Waals surface area contributed by atoms with Crippen LogP contribution in [0.25, 0.3) is 0 Å². The Bertz CT molecular complexity index is 34.7. The third kappa shape index (κ3) is 467. The van der Waals surface area contributed by atoms with Gasteiger partial charge in [0.05, 0.1) is 5.09 Å². The monoisotopic (exact) mass is 234 g/mol. The Balaban J connectivity index is -0.0000000480. The Kier molecular flexibility index (Phi) is 35.8. The van der Waals surface area contributed by atoms with E-state index in [-0.39, 0.29) is 41.7 Å². The van der Waals surface area contributed by atoms with Gasteiger partial charge in [-0.05, 0) is 0 Å². The first-order valence-electron chi connectivity index (χ1n) is 0.995. The minimum atomic E-state index is -1.75. The van der Waals surface area contributed by atoms with E-state index in [0.717, 1.165) is 7.11 Å². The van der Waals surface area contributed by atoms with Crippen LogP contribution in [0.5, 0.6) is 0 Å². The van der Waals surface area contributed by atoms with E-state index in [2.05, 4.69) is 0 Å². The molecule has 7 heavy (non-hydrogen) atoms. The van der Waals surface area contributed by atoms with E-state index >= 15 is 0 Å². The zero-order valence-corrected chi connectivity index (χ0v) is 6.76. The molecule has 0 saturated heterocycles. The summed E-state index contributed by atoms with van der Waals surface area (Å²) in [7, 11) is 1.00. The predicted molar refractivity (Wildman–Crippen MR) is 18.5 cm³/mol. The van der Waals surface area contributed by atoms with E-state index in [4.69, 9.17) is 20.4 Å². The Hall–Kier alpha value is 0.537. The predicted octanol–water partition coefficient (Wildman–Crippen LogP) is -0.631. The van der Waals surface area contributed by atoms with Crippen molar-refractivity contribution in [1.82, 2.24) is 0 Å². The molecule has 0 radical (unpaired) electrons. The Morgan fingerprint density at radius 1 is 1.43 bits per heavy atom. The van der Waals surface area contributed by atoms with Crippen molar-refractivity contribution < 1.29 is 51.9 Å². The van der Waals surface area contributed by atoms with E-state index in [9.17, 15) is 0 Å². The number of hydrogen-bond donors (Lipinski definition) is 1. The molecule has 0 bridgehead atoms. The van der Waals surface area contributed by atoms with Crippen LogP contribution in [0.2, 0.25) is 0 Å². The van der Waals surface area contributed by atoms with Gasteiger partial charge in [-0.3, -0.25) is 0 Å². The summed E-state index contributed by atoms with van der Waals surface area (Å²) in [6.07, 6.45) is 0. The fraction of sp³-hybridized carbons (Fsp3) is 1.00. The summed E-state index contributed by atoms with van der Waals surface area (Å²) < 4.78 is 0. The quantitative estimate of drug-likeness (QED) is 0.446. The third-order valence-electron chi connectivity index (χ3n) is 0. The SMILES string of the molecule is CO.O=[N+]([O-])[O-].[Ce]. The van der Waals surface area contributed by atoms with Gasteiger partial charge in [0.15, 0.2) is 0 Å². The summed E-state index contributed by atoms with van der Waals surface area (Å²) in [6.45, 7) is 0. The number of aliphatic hydroxyl groups excluding tert-OH is 1. The Labute approximate surface area is 73.8 Å². The number of hydrogen-bond acceptors (Lipinski definition) is 4. The summed E-state index contributed by atoms with van der Waals surface area (Å²) in [4.78, 5) is 8.25.